The first-order chi connectivity index (χ1) is 8.76. The van der Waals surface area contributed by atoms with E-state index in [2.05, 4.69) is 0 Å². The molecule has 0 aliphatic carbocycles. The van der Waals surface area contributed by atoms with E-state index in [9.17, 15) is 4.79 Å². The molecular weight excluding hydrogens is 252 g/mol. The number of hydrogen-bond donors (Lipinski definition) is 0. The molecule has 0 spiro atoms. The predicted octanol–water partition coefficient (Wildman–Crippen LogP) is 2.76. The summed E-state index contributed by atoms with van der Waals surface area (Å²) in [6, 6.07) is 8.77. The molecule has 1 aliphatic rings. The molecule has 2 aromatic rings. The maximum atomic E-state index is 11.4. The van der Waals surface area contributed by atoms with Crippen LogP contribution in [0, 0.1) is 0 Å². The van der Waals surface area contributed by atoms with E-state index in [-0.39, 0.29) is 12.4 Å². The van der Waals surface area contributed by atoms with Crippen molar-refractivity contribution in [2.75, 3.05) is 13.0 Å². The second-order valence-electron chi connectivity index (χ2n) is 3.75. The van der Waals surface area contributed by atoms with Crippen LogP contribution in [0.15, 0.2) is 44.4 Å². The van der Waals surface area contributed by atoms with Crippen LogP contribution in [0.3, 0.4) is 0 Å². The van der Waals surface area contributed by atoms with Gasteiger partial charge in [-0.2, -0.15) is 0 Å². The number of thioether (sulfide) groups is 1. The molecule has 3 rings (SSSR count). The highest BCUT2D eigenvalue weighted by Gasteiger charge is 2.15. The fraction of sp³-hybridized carbons (Fsp3) is 0.154. The predicted molar refractivity (Wildman–Crippen MR) is 68.3 cm³/mol. The van der Waals surface area contributed by atoms with Gasteiger partial charge in [-0.3, -0.25) is 0 Å². The molecule has 0 saturated carbocycles. The second kappa shape index (κ2) is 4.42. The summed E-state index contributed by atoms with van der Waals surface area (Å²) in [7, 11) is 0. The van der Waals surface area contributed by atoms with Gasteiger partial charge >= 0.3 is 5.63 Å². The van der Waals surface area contributed by atoms with Gasteiger partial charge in [0.2, 0.25) is 6.79 Å². The Labute approximate surface area is 108 Å². The van der Waals surface area contributed by atoms with Crippen molar-refractivity contribution in [1.82, 2.24) is 0 Å². The molecule has 5 heteroatoms. The molecule has 0 radical (unpaired) electrons. The lowest BCUT2D eigenvalue weighted by molar-refractivity contribution is 0.174. The van der Waals surface area contributed by atoms with Gasteiger partial charge in [0.25, 0.3) is 0 Å². The minimum Gasteiger partial charge on any atom is -0.454 e. The van der Waals surface area contributed by atoms with Gasteiger partial charge in [-0.05, 0) is 30.5 Å². The van der Waals surface area contributed by atoms with Gasteiger partial charge < -0.3 is 13.9 Å². The van der Waals surface area contributed by atoms with Crippen LogP contribution in [-0.2, 0) is 0 Å². The maximum Gasteiger partial charge on any atom is 0.337 e. The first kappa shape index (κ1) is 11.2. The fourth-order valence-corrected chi connectivity index (χ4v) is 2.20. The average molecular weight is 262 g/mol. The molecule has 0 unspecified atom stereocenters. The third kappa shape index (κ3) is 1.97. The lowest BCUT2D eigenvalue weighted by atomic mass is 10.1. The van der Waals surface area contributed by atoms with Crippen LogP contribution in [0.2, 0.25) is 0 Å². The lowest BCUT2D eigenvalue weighted by Crippen LogP contribution is -1.97. The first-order valence-electron chi connectivity index (χ1n) is 5.35. The molecule has 0 N–H and O–H groups in total. The van der Waals surface area contributed by atoms with E-state index in [1.54, 1.807) is 0 Å². The number of rotatable bonds is 2. The molecular formula is C13H10O4S. The summed E-state index contributed by atoms with van der Waals surface area (Å²) in [4.78, 5) is 12.3. The van der Waals surface area contributed by atoms with E-state index in [4.69, 9.17) is 13.9 Å². The standard InChI is InChI=1S/C13H10O4S/c1-18-9-5-11(17-13(14)6-9)8-2-3-10-12(4-8)16-7-15-10/h2-6H,7H2,1H3. The smallest absolute Gasteiger partial charge is 0.337 e. The number of ether oxygens (including phenoxy) is 2. The highest BCUT2D eigenvalue weighted by molar-refractivity contribution is 7.98. The van der Waals surface area contributed by atoms with Crippen LogP contribution in [0.1, 0.15) is 0 Å². The zero-order valence-corrected chi connectivity index (χ0v) is 10.5. The SMILES string of the molecule is CSc1cc(-c2ccc3c(c2)OCO3)oc(=O)c1. The van der Waals surface area contributed by atoms with Crippen LogP contribution in [-0.4, -0.2) is 13.0 Å². The molecule has 18 heavy (non-hydrogen) atoms. The van der Waals surface area contributed by atoms with E-state index < -0.39 is 0 Å². The molecule has 4 nitrogen and oxygen atoms in total. The van der Waals surface area contributed by atoms with Crippen molar-refractivity contribution in [3.05, 3.63) is 40.8 Å². The van der Waals surface area contributed by atoms with Crippen molar-refractivity contribution in [2.45, 2.75) is 4.90 Å². The van der Waals surface area contributed by atoms with Crippen molar-refractivity contribution < 1.29 is 13.9 Å². The third-order valence-electron chi connectivity index (χ3n) is 2.64. The highest BCUT2D eigenvalue weighted by atomic mass is 32.2. The molecule has 1 aliphatic heterocycles. The van der Waals surface area contributed by atoms with Crippen molar-refractivity contribution in [1.29, 1.82) is 0 Å². The van der Waals surface area contributed by atoms with Gasteiger partial charge in [0, 0.05) is 16.5 Å². The monoisotopic (exact) mass is 262 g/mol. The maximum absolute atomic E-state index is 11.4. The van der Waals surface area contributed by atoms with Gasteiger partial charge in [-0.15, -0.1) is 11.8 Å². The second-order valence-corrected chi connectivity index (χ2v) is 4.63. The van der Waals surface area contributed by atoms with Crippen molar-refractivity contribution >= 4 is 11.8 Å². The third-order valence-corrected chi connectivity index (χ3v) is 3.34. The summed E-state index contributed by atoms with van der Waals surface area (Å²) in [5.41, 5.74) is 0.446. The lowest BCUT2D eigenvalue weighted by Gasteiger charge is -2.03. The topological polar surface area (TPSA) is 48.7 Å². The van der Waals surface area contributed by atoms with Crippen molar-refractivity contribution in [3.8, 4) is 22.8 Å². The number of hydrogen-bond acceptors (Lipinski definition) is 5. The molecule has 0 saturated heterocycles. The molecule has 92 valence electrons. The normalized spacial score (nSPS) is 12.7. The molecule has 0 bridgehead atoms. The van der Waals surface area contributed by atoms with E-state index in [0.717, 1.165) is 10.5 Å². The molecule has 0 fully saturated rings. The van der Waals surface area contributed by atoms with E-state index in [1.165, 1.54) is 17.8 Å². The Morgan fingerprint density at radius 2 is 1.94 bits per heavy atom. The quantitative estimate of drug-likeness (QED) is 0.779. The van der Waals surface area contributed by atoms with E-state index in [0.29, 0.717) is 17.3 Å². The summed E-state index contributed by atoms with van der Waals surface area (Å²) >= 11 is 1.50. The Balaban J connectivity index is 2.09. The number of fused-ring (bicyclic) bond motifs is 1. The minimum atomic E-state index is -0.352. The summed E-state index contributed by atoms with van der Waals surface area (Å²) in [6.07, 6.45) is 1.91. The highest BCUT2D eigenvalue weighted by Crippen LogP contribution is 2.36. The average Bonchev–Trinajstić information content (AvgIpc) is 2.85. The van der Waals surface area contributed by atoms with Gasteiger partial charge in [-0.1, -0.05) is 0 Å². The largest absolute Gasteiger partial charge is 0.454 e. The van der Waals surface area contributed by atoms with Gasteiger partial charge in [0.1, 0.15) is 5.76 Å². The Morgan fingerprint density at radius 3 is 2.78 bits per heavy atom. The van der Waals surface area contributed by atoms with Crippen molar-refractivity contribution in [3.63, 3.8) is 0 Å². The molecule has 0 amide bonds. The summed E-state index contributed by atoms with van der Waals surface area (Å²) < 4.78 is 15.7. The summed E-state index contributed by atoms with van der Waals surface area (Å²) in [5.74, 6) is 1.91. The van der Waals surface area contributed by atoms with Crippen LogP contribution in [0.25, 0.3) is 11.3 Å². The van der Waals surface area contributed by atoms with E-state index >= 15 is 0 Å². The van der Waals surface area contributed by atoms with Gasteiger partial charge in [-0.25, -0.2) is 4.79 Å². The Morgan fingerprint density at radius 1 is 1.11 bits per heavy atom. The molecule has 2 heterocycles. The molecule has 1 aromatic heterocycles. The Hall–Kier alpha value is -1.88. The zero-order valence-electron chi connectivity index (χ0n) is 9.64. The van der Waals surface area contributed by atoms with Crippen LogP contribution in [0.4, 0.5) is 0 Å². The minimum absolute atomic E-state index is 0.230. The zero-order chi connectivity index (χ0) is 12.5. The Kier molecular flexibility index (Phi) is 2.76. The summed E-state index contributed by atoms with van der Waals surface area (Å²) in [6.45, 7) is 0.230. The van der Waals surface area contributed by atoms with Crippen LogP contribution in [0.5, 0.6) is 11.5 Å². The molecule has 1 aromatic carbocycles. The molecule has 0 atom stereocenters. The van der Waals surface area contributed by atoms with Crippen LogP contribution < -0.4 is 15.1 Å². The Bertz CT molecular complexity index is 648. The van der Waals surface area contributed by atoms with Gasteiger partial charge in [0.15, 0.2) is 11.5 Å². The number of benzene rings is 1. The van der Waals surface area contributed by atoms with Crippen LogP contribution >= 0.6 is 11.8 Å². The van der Waals surface area contributed by atoms with Gasteiger partial charge in [0.05, 0.1) is 0 Å². The van der Waals surface area contributed by atoms with E-state index in [1.807, 2.05) is 30.5 Å². The summed E-state index contributed by atoms with van der Waals surface area (Å²) in [5, 5.41) is 0. The first-order valence-corrected chi connectivity index (χ1v) is 6.58. The van der Waals surface area contributed by atoms with Crippen molar-refractivity contribution in [2.24, 2.45) is 0 Å². The fourth-order valence-electron chi connectivity index (χ4n) is 1.76.